The molecule has 0 radical (unpaired) electrons. The summed E-state index contributed by atoms with van der Waals surface area (Å²) in [6.45, 7) is 1.89. The second kappa shape index (κ2) is 5.18. The number of benzene rings is 1. The Kier molecular flexibility index (Phi) is 3.35. The molecule has 0 aliphatic rings. The van der Waals surface area contributed by atoms with Crippen LogP contribution in [0.2, 0.25) is 5.02 Å². The lowest BCUT2D eigenvalue weighted by molar-refractivity contribution is 0.112. The van der Waals surface area contributed by atoms with E-state index in [1.54, 1.807) is 27.7 Å². The van der Waals surface area contributed by atoms with E-state index in [0.717, 1.165) is 23.2 Å². The van der Waals surface area contributed by atoms with Crippen LogP contribution in [0.1, 0.15) is 16.1 Å². The Balaban J connectivity index is 2.12. The normalized spacial score (nSPS) is 10.8. The maximum Gasteiger partial charge on any atom is 0.153 e. The van der Waals surface area contributed by atoms with E-state index in [9.17, 15) is 4.79 Å². The summed E-state index contributed by atoms with van der Waals surface area (Å²) in [5, 5.41) is 9.46. The molecule has 1 aromatic carbocycles. The highest BCUT2D eigenvalue weighted by atomic mass is 35.5. The van der Waals surface area contributed by atoms with Crippen molar-refractivity contribution in [3.63, 3.8) is 0 Å². The molecule has 21 heavy (non-hydrogen) atoms. The summed E-state index contributed by atoms with van der Waals surface area (Å²) < 4.78 is 3.38. The van der Waals surface area contributed by atoms with Gasteiger partial charge in [0.1, 0.15) is 5.69 Å². The number of halogens is 1. The number of aromatic nitrogens is 4. The Bertz CT molecular complexity index is 802. The van der Waals surface area contributed by atoms with Gasteiger partial charge in [0.25, 0.3) is 0 Å². The molecule has 0 atom stereocenters. The minimum absolute atomic E-state index is 0.529. The predicted molar refractivity (Wildman–Crippen MR) is 80.9 cm³/mol. The van der Waals surface area contributed by atoms with Crippen LogP contribution in [-0.4, -0.2) is 25.8 Å². The SMILES string of the molecule is Cc1nn(C)cc1-c1nn(-c2ccc(Cl)cc2)cc1C=O. The highest BCUT2D eigenvalue weighted by molar-refractivity contribution is 6.30. The molecule has 0 saturated carbocycles. The number of hydrogen-bond donors (Lipinski definition) is 0. The maximum atomic E-state index is 11.3. The van der Waals surface area contributed by atoms with Gasteiger partial charge in [0.15, 0.2) is 6.29 Å². The van der Waals surface area contributed by atoms with Crippen molar-refractivity contribution in [2.75, 3.05) is 0 Å². The minimum atomic E-state index is 0.529. The van der Waals surface area contributed by atoms with E-state index in [2.05, 4.69) is 10.2 Å². The van der Waals surface area contributed by atoms with Crippen molar-refractivity contribution < 1.29 is 4.79 Å². The van der Waals surface area contributed by atoms with Gasteiger partial charge in [0, 0.05) is 30.0 Å². The molecule has 0 fully saturated rings. The molecule has 0 N–H and O–H groups in total. The van der Waals surface area contributed by atoms with Gasteiger partial charge in [-0.25, -0.2) is 4.68 Å². The fourth-order valence-corrected chi connectivity index (χ4v) is 2.37. The molecule has 0 spiro atoms. The number of aryl methyl sites for hydroxylation is 2. The second-order valence-corrected chi connectivity index (χ2v) is 5.21. The molecule has 0 aliphatic heterocycles. The van der Waals surface area contributed by atoms with Crippen LogP contribution in [0.3, 0.4) is 0 Å². The van der Waals surface area contributed by atoms with E-state index in [-0.39, 0.29) is 0 Å². The zero-order chi connectivity index (χ0) is 15.0. The number of hydrogen-bond acceptors (Lipinski definition) is 3. The van der Waals surface area contributed by atoms with Gasteiger partial charge in [-0.15, -0.1) is 0 Å². The topological polar surface area (TPSA) is 52.7 Å². The molecule has 6 heteroatoms. The minimum Gasteiger partial charge on any atom is -0.298 e. The van der Waals surface area contributed by atoms with E-state index in [1.807, 2.05) is 32.3 Å². The number of carbonyl (C=O) groups is 1. The average Bonchev–Trinajstić information content (AvgIpc) is 3.02. The van der Waals surface area contributed by atoms with Crippen molar-refractivity contribution in [1.29, 1.82) is 0 Å². The summed E-state index contributed by atoms with van der Waals surface area (Å²) in [6.07, 6.45) is 4.37. The smallest absolute Gasteiger partial charge is 0.153 e. The van der Waals surface area contributed by atoms with Crippen molar-refractivity contribution in [2.45, 2.75) is 6.92 Å². The molecule has 0 unspecified atom stereocenters. The zero-order valence-corrected chi connectivity index (χ0v) is 12.4. The van der Waals surface area contributed by atoms with Gasteiger partial charge in [0.2, 0.25) is 0 Å². The van der Waals surface area contributed by atoms with Gasteiger partial charge >= 0.3 is 0 Å². The highest BCUT2D eigenvalue weighted by Gasteiger charge is 2.15. The Morgan fingerprint density at radius 3 is 2.43 bits per heavy atom. The Morgan fingerprint density at radius 1 is 1.14 bits per heavy atom. The first-order chi connectivity index (χ1) is 10.1. The second-order valence-electron chi connectivity index (χ2n) is 4.77. The molecule has 3 rings (SSSR count). The third-order valence-electron chi connectivity index (χ3n) is 3.23. The fourth-order valence-electron chi connectivity index (χ4n) is 2.24. The van der Waals surface area contributed by atoms with Crippen molar-refractivity contribution in [3.8, 4) is 16.9 Å². The van der Waals surface area contributed by atoms with Crippen LogP contribution in [0, 0.1) is 6.92 Å². The van der Waals surface area contributed by atoms with E-state index in [0.29, 0.717) is 16.3 Å². The molecule has 0 bridgehead atoms. The van der Waals surface area contributed by atoms with Crippen LogP contribution in [0.25, 0.3) is 16.9 Å². The maximum absolute atomic E-state index is 11.3. The number of carbonyl (C=O) groups excluding carboxylic acids is 1. The molecule has 0 amide bonds. The molecule has 0 aliphatic carbocycles. The summed E-state index contributed by atoms with van der Waals surface area (Å²) in [4.78, 5) is 11.3. The quantitative estimate of drug-likeness (QED) is 0.699. The first-order valence-corrected chi connectivity index (χ1v) is 6.77. The van der Waals surface area contributed by atoms with Crippen molar-refractivity contribution in [2.24, 2.45) is 7.05 Å². The van der Waals surface area contributed by atoms with Gasteiger partial charge < -0.3 is 0 Å². The summed E-state index contributed by atoms with van der Waals surface area (Å²) in [6, 6.07) is 7.27. The lowest BCUT2D eigenvalue weighted by atomic mass is 10.1. The van der Waals surface area contributed by atoms with Gasteiger partial charge in [-0.05, 0) is 31.2 Å². The molecular weight excluding hydrogens is 288 g/mol. The van der Waals surface area contributed by atoms with Crippen LogP contribution in [0.15, 0.2) is 36.7 Å². The van der Waals surface area contributed by atoms with Gasteiger partial charge in [-0.2, -0.15) is 10.2 Å². The summed E-state index contributed by atoms with van der Waals surface area (Å²) in [5.41, 5.74) is 3.69. The van der Waals surface area contributed by atoms with Crippen LogP contribution in [0.5, 0.6) is 0 Å². The number of aldehydes is 1. The molecule has 0 saturated heterocycles. The highest BCUT2D eigenvalue weighted by Crippen LogP contribution is 2.25. The third-order valence-corrected chi connectivity index (χ3v) is 3.48. The zero-order valence-electron chi connectivity index (χ0n) is 11.6. The van der Waals surface area contributed by atoms with Crippen molar-refractivity contribution in [3.05, 3.63) is 52.9 Å². The summed E-state index contributed by atoms with van der Waals surface area (Å²) in [7, 11) is 1.84. The van der Waals surface area contributed by atoms with Crippen LogP contribution in [-0.2, 0) is 7.05 Å². The molecule has 5 nitrogen and oxygen atoms in total. The predicted octanol–water partition coefficient (Wildman–Crippen LogP) is 3.05. The van der Waals surface area contributed by atoms with Crippen LogP contribution < -0.4 is 0 Å². The van der Waals surface area contributed by atoms with Gasteiger partial charge in [0.05, 0.1) is 16.9 Å². The fraction of sp³-hybridized carbons (Fsp3) is 0.133. The monoisotopic (exact) mass is 300 g/mol. The number of rotatable bonds is 3. The third kappa shape index (κ3) is 2.48. The average molecular weight is 301 g/mol. The summed E-state index contributed by atoms with van der Waals surface area (Å²) in [5.74, 6) is 0. The van der Waals surface area contributed by atoms with E-state index in [1.165, 1.54) is 0 Å². The Morgan fingerprint density at radius 2 is 1.86 bits per heavy atom. The molecule has 2 heterocycles. The lowest BCUT2D eigenvalue weighted by Gasteiger charge is -2.00. The molecule has 106 valence electrons. The molecular formula is C15H13ClN4O. The van der Waals surface area contributed by atoms with E-state index >= 15 is 0 Å². The van der Waals surface area contributed by atoms with E-state index in [4.69, 9.17) is 11.6 Å². The van der Waals surface area contributed by atoms with E-state index < -0.39 is 0 Å². The number of nitrogens with zero attached hydrogens (tertiary/aromatic N) is 4. The van der Waals surface area contributed by atoms with Gasteiger partial charge in [-0.3, -0.25) is 9.48 Å². The molecule has 3 aromatic rings. The first kappa shape index (κ1) is 13.6. The van der Waals surface area contributed by atoms with Crippen molar-refractivity contribution >= 4 is 17.9 Å². The van der Waals surface area contributed by atoms with Gasteiger partial charge in [-0.1, -0.05) is 11.6 Å². The first-order valence-electron chi connectivity index (χ1n) is 6.40. The summed E-state index contributed by atoms with van der Waals surface area (Å²) >= 11 is 5.89. The Labute approximate surface area is 126 Å². The molecule has 2 aromatic heterocycles. The largest absolute Gasteiger partial charge is 0.298 e. The van der Waals surface area contributed by atoms with Crippen LogP contribution in [0.4, 0.5) is 0 Å². The Hall–Kier alpha value is -2.40. The standard InChI is InChI=1S/C15H13ClN4O/c1-10-14(8-19(2)17-10)15-11(9-21)7-20(18-15)13-5-3-12(16)4-6-13/h3-9H,1-2H3. The lowest BCUT2D eigenvalue weighted by Crippen LogP contribution is -1.94. The van der Waals surface area contributed by atoms with Crippen molar-refractivity contribution in [1.82, 2.24) is 19.6 Å². The van der Waals surface area contributed by atoms with Crippen LogP contribution >= 0.6 is 11.6 Å².